The van der Waals surface area contributed by atoms with Crippen molar-refractivity contribution in [1.82, 2.24) is 0 Å². The van der Waals surface area contributed by atoms with Crippen molar-refractivity contribution in [3.63, 3.8) is 0 Å². The fourth-order valence-corrected chi connectivity index (χ4v) is 3.83. The zero-order chi connectivity index (χ0) is 12.0. The fourth-order valence-electron chi connectivity index (χ4n) is 2.64. The lowest BCUT2D eigenvalue weighted by Gasteiger charge is -2.02. The van der Waals surface area contributed by atoms with Crippen LogP contribution in [-0.2, 0) is 6.54 Å². The van der Waals surface area contributed by atoms with Gasteiger partial charge in [-0.1, -0.05) is 18.2 Å². The molecule has 0 unspecified atom stereocenters. The first kappa shape index (κ1) is 13.7. The molecule has 3 heteroatoms. The molecule has 0 saturated heterocycles. The van der Waals surface area contributed by atoms with E-state index in [1.54, 1.807) is 0 Å². The maximum absolute atomic E-state index is 2.39. The number of benzene rings is 1. The lowest BCUT2D eigenvalue weighted by molar-refractivity contribution is -0.703. The van der Waals surface area contributed by atoms with E-state index in [-0.39, 0.29) is 24.0 Å². The number of hydrogen-bond acceptors (Lipinski definition) is 1. The van der Waals surface area contributed by atoms with Gasteiger partial charge in [0.25, 0.3) is 0 Å². The number of aromatic nitrogens is 1. The Morgan fingerprint density at radius 3 is 2.56 bits per heavy atom. The molecular formula is C15H16INS. The summed E-state index contributed by atoms with van der Waals surface area (Å²) in [5.74, 6) is 0. The van der Waals surface area contributed by atoms with Gasteiger partial charge in [0.15, 0.2) is 11.4 Å². The van der Waals surface area contributed by atoms with Crippen LogP contribution >= 0.6 is 11.3 Å². The molecule has 0 fully saturated rings. The van der Waals surface area contributed by atoms with Crippen LogP contribution in [0.1, 0.15) is 18.3 Å². The van der Waals surface area contributed by atoms with Gasteiger partial charge < -0.3 is 24.0 Å². The quantitative estimate of drug-likeness (QED) is 0.445. The van der Waals surface area contributed by atoms with E-state index in [0.29, 0.717) is 0 Å². The number of nitrogens with zero attached hydrogens (tertiary/aromatic N) is 1. The predicted octanol–water partition coefficient (Wildman–Crippen LogP) is 0.983. The Hall–Kier alpha value is -0.680. The summed E-state index contributed by atoms with van der Waals surface area (Å²) in [5, 5.41) is 2.80. The molecule has 0 N–H and O–H groups in total. The van der Waals surface area contributed by atoms with E-state index >= 15 is 0 Å². The maximum atomic E-state index is 2.39. The van der Waals surface area contributed by atoms with Crippen LogP contribution in [0.5, 0.6) is 0 Å². The van der Waals surface area contributed by atoms with E-state index < -0.39 is 0 Å². The van der Waals surface area contributed by atoms with Gasteiger partial charge in [-0.3, -0.25) is 0 Å². The van der Waals surface area contributed by atoms with E-state index in [9.17, 15) is 0 Å². The molecule has 3 aromatic rings. The number of fused-ring (bicyclic) bond motifs is 3. The average Bonchev–Trinajstić information content (AvgIpc) is 2.69. The van der Waals surface area contributed by atoms with Crippen molar-refractivity contribution in [2.45, 2.75) is 27.3 Å². The Bertz CT molecular complexity index is 715. The molecule has 94 valence electrons. The van der Waals surface area contributed by atoms with Crippen molar-refractivity contribution >= 4 is 31.5 Å². The van der Waals surface area contributed by atoms with Crippen molar-refractivity contribution in [3.05, 3.63) is 41.7 Å². The van der Waals surface area contributed by atoms with Crippen LogP contribution in [0.2, 0.25) is 0 Å². The van der Waals surface area contributed by atoms with Crippen LogP contribution in [0.15, 0.2) is 30.3 Å². The topological polar surface area (TPSA) is 3.88 Å². The zero-order valence-corrected chi connectivity index (χ0v) is 13.8. The SMILES string of the molecule is CC[n+]1c(C)cc2c(sc3ccccc32)c1C.[I-]. The van der Waals surface area contributed by atoms with Crippen LogP contribution in [0.3, 0.4) is 0 Å². The molecule has 3 rings (SSSR count). The molecule has 1 aromatic carbocycles. The molecule has 0 spiro atoms. The second kappa shape index (κ2) is 5.13. The minimum Gasteiger partial charge on any atom is -1.00 e. The zero-order valence-electron chi connectivity index (χ0n) is 10.8. The summed E-state index contributed by atoms with van der Waals surface area (Å²) >= 11 is 1.91. The number of pyridine rings is 1. The molecule has 0 radical (unpaired) electrons. The van der Waals surface area contributed by atoms with Gasteiger partial charge in [-0.05, 0) is 13.0 Å². The monoisotopic (exact) mass is 369 g/mol. The third kappa shape index (κ3) is 1.93. The van der Waals surface area contributed by atoms with Gasteiger partial charge in [0.2, 0.25) is 0 Å². The standard InChI is InChI=1S/C15H16NS.HI/c1-4-16-10(2)9-13-12-7-5-6-8-14(12)17-15(13)11(16)3;/h5-9H,4H2,1-3H3;1H/q+1;/p-1. The van der Waals surface area contributed by atoms with Gasteiger partial charge in [-0.2, -0.15) is 4.57 Å². The number of hydrogen-bond donors (Lipinski definition) is 0. The predicted molar refractivity (Wildman–Crippen MR) is 74.7 cm³/mol. The summed E-state index contributed by atoms with van der Waals surface area (Å²) in [5.41, 5.74) is 2.74. The van der Waals surface area contributed by atoms with E-state index in [1.807, 2.05) is 11.3 Å². The van der Waals surface area contributed by atoms with E-state index in [4.69, 9.17) is 0 Å². The van der Waals surface area contributed by atoms with Crippen LogP contribution in [-0.4, -0.2) is 0 Å². The van der Waals surface area contributed by atoms with Gasteiger partial charge in [0.05, 0.1) is 0 Å². The first-order valence-corrected chi connectivity index (χ1v) is 6.85. The lowest BCUT2D eigenvalue weighted by Crippen LogP contribution is -3.00. The van der Waals surface area contributed by atoms with Crippen molar-refractivity contribution in [3.8, 4) is 0 Å². The van der Waals surface area contributed by atoms with Crippen molar-refractivity contribution < 1.29 is 28.5 Å². The Kier molecular flexibility index (Phi) is 3.92. The fraction of sp³-hybridized carbons (Fsp3) is 0.267. The minimum atomic E-state index is 0. The van der Waals surface area contributed by atoms with Crippen LogP contribution < -0.4 is 28.5 Å². The van der Waals surface area contributed by atoms with E-state index in [2.05, 4.69) is 55.7 Å². The van der Waals surface area contributed by atoms with Gasteiger partial charge in [0, 0.05) is 35.4 Å². The highest BCUT2D eigenvalue weighted by Crippen LogP contribution is 2.34. The molecular weight excluding hydrogens is 353 g/mol. The molecule has 0 amide bonds. The van der Waals surface area contributed by atoms with Crippen LogP contribution in [0, 0.1) is 13.8 Å². The number of rotatable bonds is 1. The van der Waals surface area contributed by atoms with Gasteiger partial charge in [0.1, 0.15) is 11.2 Å². The van der Waals surface area contributed by atoms with Gasteiger partial charge in [-0.25, -0.2) is 0 Å². The summed E-state index contributed by atoms with van der Waals surface area (Å²) in [6.07, 6.45) is 0. The van der Waals surface area contributed by atoms with E-state index in [0.717, 1.165) is 6.54 Å². The third-order valence-corrected chi connectivity index (χ3v) is 4.76. The Labute approximate surface area is 128 Å². The highest BCUT2D eigenvalue weighted by Gasteiger charge is 2.17. The molecule has 1 nitrogen and oxygen atoms in total. The highest BCUT2D eigenvalue weighted by molar-refractivity contribution is 7.26. The summed E-state index contributed by atoms with van der Waals surface area (Å²) in [7, 11) is 0. The molecule has 18 heavy (non-hydrogen) atoms. The Balaban J connectivity index is 0.00000120. The smallest absolute Gasteiger partial charge is 0.196 e. The number of thiophene rings is 1. The Morgan fingerprint density at radius 2 is 1.83 bits per heavy atom. The Morgan fingerprint density at radius 1 is 1.11 bits per heavy atom. The first-order valence-electron chi connectivity index (χ1n) is 6.03. The second-order valence-corrected chi connectivity index (χ2v) is 5.51. The van der Waals surface area contributed by atoms with Crippen molar-refractivity contribution in [2.24, 2.45) is 0 Å². The van der Waals surface area contributed by atoms with Crippen LogP contribution in [0.25, 0.3) is 20.2 Å². The summed E-state index contributed by atoms with van der Waals surface area (Å²) < 4.78 is 5.20. The summed E-state index contributed by atoms with van der Waals surface area (Å²) in [6, 6.07) is 11.0. The normalized spacial score (nSPS) is 10.8. The van der Waals surface area contributed by atoms with Gasteiger partial charge >= 0.3 is 0 Å². The van der Waals surface area contributed by atoms with Crippen molar-refractivity contribution in [2.75, 3.05) is 0 Å². The molecule has 2 heterocycles. The molecule has 0 bridgehead atoms. The second-order valence-electron chi connectivity index (χ2n) is 4.46. The molecule has 0 aliphatic heterocycles. The molecule has 0 aliphatic rings. The third-order valence-electron chi connectivity index (χ3n) is 3.46. The summed E-state index contributed by atoms with van der Waals surface area (Å²) in [4.78, 5) is 0. The number of aryl methyl sites for hydroxylation is 2. The average molecular weight is 369 g/mol. The van der Waals surface area contributed by atoms with E-state index in [1.165, 1.54) is 31.6 Å². The number of halogens is 1. The van der Waals surface area contributed by atoms with Gasteiger partial charge in [-0.15, -0.1) is 11.3 Å². The first-order chi connectivity index (χ1) is 8.22. The van der Waals surface area contributed by atoms with Crippen LogP contribution in [0.4, 0.5) is 0 Å². The maximum Gasteiger partial charge on any atom is 0.196 e. The summed E-state index contributed by atoms with van der Waals surface area (Å²) in [6.45, 7) is 7.68. The largest absolute Gasteiger partial charge is 1.00 e. The lowest BCUT2D eigenvalue weighted by atomic mass is 10.1. The molecule has 0 aliphatic carbocycles. The molecule has 2 aromatic heterocycles. The molecule has 0 saturated carbocycles. The highest BCUT2D eigenvalue weighted by atomic mass is 127. The van der Waals surface area contributed by atoms with Crippen molar-refractivity contribution in [1.29, 1.82) is 0 Å². The minimum absolute atomic E-state index is 0. The molecule has 0 atom stereocenters.